The normalized spacial score (nSPS) is 10.9. The summed E-state index contributed by atoms with van der Waals surface area (Å²) in [5, 5.41) is 12.5. The van der Waals surface area contributed by atoms with E-state index in [1.54, 1.807) is 47.4 Å². The van der Waals surface area contributed by atoms with E-state index in [0.717, 1.165) is 5.56 Å². The van der Waals surface area contributed by atoms with Crippen LogP contribution in [0.4, 0.5) is 5.69 Å². The van der Waals surface area contributed by atoms with E-state index >= 15 is 0 Å². The number of hydrogen-bond acceptors (Lipinski definition) is 4. The molecule has 0 fully saturated rings. The lowest BCUT2D eigenvalue weighted by atomic mass is 9.92. The molecular weight excluding hydrogens is 460 g/mol. The first-order chi connectivity index (χ1) is 16.7. The largest absolute Gasteiger partial charge is 0.334 e. The number of halogens is 1. The van der Waals surface area contributed by atoms with Gasteiger partial charge in [0.05, 0.1) is 18.1 Å². The fourth-order valence-electron chi connectivity index (χ4n) is 3.62. The predicted octanol–water partition coefficient (Wildman–Crippen LogP) is 5.02. The highest BCUT2D eigenvalue weighted by Gasteiger charge is 2.25. The fourth-order valence-corrected chi connectivity index (χ4v) is 3.79. The molecule has 0 bridgehead atoms. The van der Waals surface area contributed by atoms with Crippen molar-refractivity contribution in [3.63, 3.8) is 0 Å². The van der Waals surface area contributed by atoms with Gasteiger partial charge in [0.1, 0.15) is 0 Å². The highest BCUT2D eigenvalue weighted by atomic mass is 35.5. The molecule has 180 valence electrons. The Kier molecular flexibility index (Phi) is 8.64. The molecule has 0 atom stereocenters. The average molecular weight is 489 g/mol. The van der Waals surface area contributed by atoms with Crippen molar-refractivity contribution < 1.29 is 9.59 Å². The Morgan fingerprint density at radius 2 is 1.74 bits per heavy atom. The Morgan fingerprint density at radius 3 is 2.37 bits per heavy atom. The van der Waals surface area contributed by atoms with E-state index in [9.17, 15) is 9.59 Å². The molecule has 0 radical (unpaired) electrons. The van der Waals surface area contributed by atoms with Crippen LogP contribution in [0.25, 0.3) is 0 Å². The number of carbonyl (C=O) groups is 2. The zero-order valence-electron chi connectivity index (χ0n) is 19.9. The van der Waals surface area contributed by atoms with Crippen molar-refractivity contribution >= 4 is 29.1 Å². The lowest BCUT2D eigenvalue weighted by Crippen LogP contribution is -2.41. The number of rotatable bonds is 9. The van der Waals surface area contributed by atoms with Gasteiger partial charge in [-0.1, -0.05) is 55.8 Å². The second-order valence-electron chi connectivity index (χ2n) is 9.24. The molecule has 0 aromatic heterocycles. The van der Waals surface area contributed by atoms with Crippen LogP contribution in [0.2, 0.25) is 5.02 Å². The van der Waals surface area contributed by atoms with Gasteiger partial charge in [-0.05, 0) is 65.6 Å². The van der Waals surface area contributed by atoms with Crippen molar-refractivity contribution in [3.8, 4) is 6.07 Å². The van der Waals surface area contributed by atoms with Gasteiger partial charge in [-0.2, -0.15) is 5.26 Å². The van der Waals surface area contributed by atoms with Crippen molar-refractivity contribution in [1.29, 1.82) is 5.26 Å². The monoisotopic (exact) mass is 488 g/mol. The quantitative estimate of drug-likeness (QED) is 0.441. The molecule has 0 aliphatic carbocycles. The van der Waals surface area contributed by atoms with E-state index in [2.05, 4.69) is 11.4 Å². The molecule has 7 heteroatoms. The van der Waals surface area contributed by atoms with Gasteiger partial charge in [0, 0.05) is 29.4 Å². The highest BCUT2D eigenvalue weighted by molar-refractivity contribution is 6.31. The molecule has 0 heterocycles. The maximum Gasteiger partial charge on any atom is 0.254 e. The number of nitriles is 1. The maximum atomic E-state index is 13.4. The van der Waals surface area contributed by atoms with Gasteiger partial charge in [0.25, 0.3) is 5.91 Å². The molecular formula is C28H29ClN4O2. The third-order valence-corrected chi connectivity index (χ3v) is 5.99. The van der Waals surface area contributed by atoms with Crippen LogP contribution in [0, 0.1) is 16.7 Å². The SMILES string of the molecule is CC(C)(CN)CN(Cc1cc(NC(=O)Cc2ccccc2)ccc1Cl)C(=O)c1ccc(C#N)cc1. The van der Waals surface area contributed by atoms with Crippen molar-refractivity contribution in [2.24, 2.45) is 11.1 Å². The molecule has 6 nitrogen and oxygen atoms in total. The van der Waals surface area contributed by atoms with Crippen LogP contribution >= 0.6 is 11.6 Å². The highest BCUT2D eigenvalue weighted by Crippen LogP contribution is 2.25. The van der Waals surface area contributed by atoms with E-state index in [1.165, 1.54) is 0 Å². The van der Waals surface area contributed by atoms with Crippen molar-refractivity contribution in [1.82, 2.24) is 4.90 Å². The molecule has 0 aliphatic rings. The number of benzene rings is 3. The van der Waals surface area contributed by atoms with Crippen molar-refractivity contribution in [2.45, 2.75) is 26.8 Å². The standard InChI is InChI=1S/C28H29ClN4O2/c1-28(2,18-31)19-33(27(35)22-10-8-21(16-30)9-11-22)17-23-15-24(12-13-25(23)29)32-26(34)14-20-6-4-3-5-7-20/h3-13,15H,14,17-19,31H2,1-2H3,(H,32,34). The van der Waals surface area contributed by atoms with Gasteiger partial charge in [0.15, 0.2) is 0 Å². The molecule has 0 spiro atoms. The Labute approximate surface area is 211 Å². The smallest absolute Gasteiger partial charge is 0.254 e. The van der Waals surface area contributed by atoms with Crippen LogP contribution in [0.15, 0.2) is 72.8 Å². The summed E-state index contributed by atoms with van der Waals surface area (Å²) in [5.74, 6) is -0.329. The third kappa shape index (κ3) is 7.41. The number of anilines is 1. The number of nitrogens with two attached hydrogens (primary N) is 1. The summed E-state index contributed by atoms with van der Waals surface area (Å²) in [5.41, 5.74) is 8.81. The number of amides is 2. The van der Waals surface area contributed by atoms with Gasteiger partial charge in [-0.15, -0.1) is 0 Å². The first-order valence-electron chi connectivity index (χ1n) is 11.3. The molecule has 0 unspecified atom stereocenters. The summed E-state index contributed by atoms with van der Waals surface area (Å²) in [6.07, 6.45) is 0.257. The van der Waals surface area contributed by atoms with E-state index in [0.29, 0.717) is 40.5 Å². The summed E-state index contributed by atoms with van der Waals surface area (Å²) < 4.78 is 0. The zero-order chi connectivity index (χ0) is 25.4. The predicted molar refractivity (Wildman–Crippen MR) is 139 cm³/mol. The van der Waals surface area contributed by atoms with E-state index < -0.39 is 0 Å². The molecule has 0 aliphatic heterocycles. The Hall–Kier alpha value is -3.66. The van der Waals surface area contributed by atoms with Gasteiger partial charge in [0.2, 0.25) is 5.91 Å². The van der Waals surface area contributed by atoms with Gasteiger partial charge < -0.3 is 16.0 Å². The summed E-state index contributed by atoms with van der Waals surface area (Å²) >= 11 is 6.49. The summed E-state index contributed by atoms with van der Waals surface area (Å²) in [6, 6.07) is 23.3. The fraction of sp³-hybridized carbons (Fsp3) is 0.250. The molecule has 3 rings (SSSR count). The average Bonchev–Trinajstić information content (AvgIpc) is 2.85. The van der Waals surface area contributed by atoms with Crippen LogP contribution in [0.5, 0.6) is 0 Å². The summed E-state index contributed by atoms with van der Waals surface area (Å²) in [4.78, 5) is 27.6. The van der Waals surface area contributed by atoms with E-state index in [4.69, 9.17) is 22.6 Å². The van der Waals surface area contributed by atoms with Gasteiger partial charge in [-0.25, -0.2) is 0 Å². The van der Waals surface area contributed by atoms with Crippen LogP contribution in [0.1, 0.15) is 40.9 Å². The van der Waals surface area contributed by atoms with E-state index in [-0.39, 0.29) is 30.2 Å². The lowest BCUT2D eigenvalue weighted by Gasteiger charge is -2.32. The number of carbonyl (C=O) groups excluding carboxylic acids is 2. The summed E-state index contributed by atoms with van der Waals surface area (Å²) in [6.45, 7) is 5.03. The third-order valence-electron chi connectivity index (χ3n) is 5.62. The second kappa shape index (κ2) is 11.7. The Bertz CT molecular complexity index is 1220. The van der Waals surface area contributed by atoms with Crippen molar-refractivity contribution in [3.05, 3.63) is 100 Å². The first-order valence-corrected chi connectivity index (χ1v) is 11.7. The second-order valence-corrected chi connectivity index (χ2v) is 9.64. The molecule has 0 saturated carbocycles. The topological polar surface area (TPSA) is 99.2 Å². The molecule has 3 aromatic rings. The van der Waals surface area contributed by atoms with Crippen LogP contribution in [0.3, 0.4) is 0 Å². The molecule has 0 saturated heterocycles. The molecule has 35 heavy (non-hydrogen) atoms. The minimum absolute atomic E-state index is 0.140. The molecule has 3 aromatic carbocycles. The number of nitrogens with one attached hydrogen (secondary N) is 1. The summed E-state index contributed by atoms with van der Waals surface area (Å²) in [7, 11) is 0. The van der Waals surface area contributed by atoms with E-state index in [1.807, 2.05) is 44.2 Å². The van der Waals surface area contributed by atoms with Gasteiger partial charge in [-0.3, -0.25) is 9.59 Å². The number of nitrogens with zero attached hydrogens (tertiary/aromatic N) is 2. The molecule has 3 N–H and O–H groups in total. The number of hydrogen-bond donors (Lipinski definition) is 2. The minimum Gasteiger partial charge on any atom is -0.334 e. The van der Waals surface area contributed by atoms with Gasteiger partial charge >= 0.3 is 0 Å². The minimum atomic E-state index is -0.323. The first kappa shape index (κ1) is 26.0. The molecule has 2 amide bonds. The van der Waals surface area contributed by atoms with Crippen LogP contribution in [-0.4, -0.2) is 29.8 Å². The maximum absolute atomic E-state index is 13.4. The Morgan fingerprint density at radius 1 is 1.06 bits per heavy atom. The lowest BCUT2D eigenvalue weighted by molar-refractivity contribution is -0.115. The van der Waals surface area contributed by atoms with Crippen molar-refractivity contribution in [2.75, 3.05) is 18.4 Å². The van der Waals surface area contributed by atoms with Crippen LogP contribution < -0.4 is 11.1 Å². The zero-order valence-corrected chi connectivity index (χ0v) is 20.7. The Balaban J connectivity index is 1.82. The van der Waals surface area contributed by atoms with Crippen LogP contribution in [-0.2, 0) is 17.8 Å².